The van der Waals surface area contributed by atoms with Crippen molar-refractivity contribution in [1.82, 2.24) is 0 Å². The molecule has 360 valence electrons. The van der Waals surface area contributed by atoms with Crippen LogP contribution < -0.4 is 179 Å². The number of benzene rings is 8. The second-order valence-corrected chi connectivity index (χ2v) is 41.2. The van der Waals surface area contributed by atoms with Gasteiger partial charge < -0.3 is 61.6 Å². The predicted octanol–water partition coefficient (Wildman–Crippen LogP) is -14.0. The van der Waals surface area contributed by atoms with Crippen LogP contribution in [-0.4, -0.2) is 79.5 Å². The van der Waals surface area contributed by atoms with Crippen LogP contribution in [-0.2, 0) is 42.4 Å². The third-order valence-electron chi connectivity index (χ3n) is 13.7. The van der Waals surface area contributed by atoms with Crippen molar-refractivity contribution in [1.29, 1.82) is 0 Å². The van der Waals surface area contributed by atoms with E-state index >= 15 is 19.2 Å². The smallest absolute Gasteiger partial charge is 0.814 e. The van der Waals surface area contributed by atoms with Gasteiger partial charge in [0.25, 0.3) is 35.2 Å². The molecular formula is C50H40Na4O14Si8. The zero-order chi connectivity index (χ0) is 49.0. The Labute approximate surface area is 536 Å². The van der Waals surface area contributed by atoms with Gasteiger partial charge in [-0.05, 0) is 31.1 Å². The molecule has 8 aromatic rings. The topological polar surface area (TPSA) is 185 Å². The Morgan fingerprint density at radius 1 is 0.224 bits per heavy atom. The van der Waals surface area contributed by atoms with E-state index in [1.807, 2.05) is 0 Å². The first-order chi connectivity index (χ1) is 34.9. The van der Waals surface area contributed by atoms with Gasteiger partial charge in [-0.15, -0.1) is 0 Å². The Hall–Kier alpha value is -1.06. The van der Waals surface area contributed by atoms with E-state index in [9.17, 15) is 0 Å². The van der Waals surface area contributed by atoms with E-state index in [4.69, 9.17) is 42.4 Å². The van der Waals surface area contributed by atoms with Crippen LogP contribution in [0.2, 0.25) is 0 Å². The van der Waals surface area contributed by atoms with Crippen molar-refractivity contribution in [2.45, 2.75) is 10.1 Å². The zero-order valence-corrected chi connectivity index (χ0v) is 57.8. The van der Waals surface area contributed by atoms with E-state index < -0.39 is 79.5 Å². The fraction of sp³-hybridized carbons (Fsp3) is 0.0400. The molecule has 26 heteroatoms. The van der Waals surface area contributed by atoms with Gasteiger partial charge in [-0.1, -0.05) is 243 Å². The molecule has 5 saturated heterocycles. The van der Waals surface area contributed by atoms with Crippen molar-refractivity contribution in [3.8, 4) is 0 Å². The molecule has 76 heavy (non-hydrogen) atoms. The summed E-state index contributed by atoms with van der Waals surface area (Å²) >= 11 is 0. The molecule has 0 saturated carbocycles. The van der Waals surface area contributed by atoms with Crippen LogP contribution in [0.3, 0.4) is 0 Å². The molecule has 5 aliphatic rings. The van der Waals surface area contributed by atoms with Crippen LogP contribution in [0.25, 0.3) is 0 Å². The third-order valence-corrected chi connectivity index (χ3v) is 48.1. The summed E-state index contributed by atoms with van der Waals surface area (Å²) in [5, 5.41) is -3.86. The minimum Gasteiger partial charge on any atom is -0.814 e. The minimum atomic E-state index is -5.48. The second kappa shape index (κ2) is 22.3. The molecule has 5 aliphatic heterocycles. The van der Waals surface area contributed by atoms with Gasteiger partial charge >= 0.3 is 152 Å². The monoisotopic (exact) mass is 1180 g/mol. The largest absolute Gasteiger partial charge is 1.00 e. The number of hydrogen-bond acceptors (Lipinski definition) is 14. The number of rotatable bonds is 8. The molecule has 13 rings (SSSR count). The average Bonchev–Trinajstić information content (AvgIpc) is 3.69. The first-order valence-electron chi connectivity index (χ1n) is 23.2. The maximum absolute atomic E-state index is 17.2. The van der Waals surface area contributed by atoms with Crippen molar-refractivity contribution >= 4 is 111 Å². The molecule has 6 unspecified atom stereocenters. The van der Waals surface area contributed by atoms with E-state index in [0.717, 1.165) is 0 Å². The molecule has 0 radical (unpaired) electrons. The minimum absolute atomic E-state index is 0. The van der Waals surface area contributed by atoms with Gasteiger partial charge in [-0.2, -0.15) is 0 Å². The molecule has 5 fully saturated rings. The SMILES string of the molecule is [Na+].[Na+].[Na+].[Na+].[O-][Si]1(c2ccccc2)OC23O[Si](c4ccccc4)(O1)O[Si]([O-])(c1ccccc1)O[Si]2(c1ccccc1)C12O[Si]([O-])(c4ccccc4)O[Si](c4ccccc4)(O1)O[Si]([O-])(c1ccccc1)O[Si]32c1ccccc1. The fourth-order valence-corrected chi connectivity index (χ4v) is 56.7. The van der Waals surface area contributed by atoms with Gasteiger partial charge in [0, 0.05) is 10.4 Å². The van der Waals surface area contributed by atoms with Gasteiger partial charge in [-0.25, -0.2) is 0 Å². The van der Waals surface area contributed by atoms with Gasteiger partial charge in [0.15, 0.2) is 10.1 Å². The van der Waals surface area contributed by atoms with E-state index in [2.05, 4.69) is 0 Å². The standard InChI is InChI=1S/C50H40O14Si8.4Na/c51-67(43-29-13-3-14-30-43)55-49-57-71(61-67,47-37-21-7-22-38-47)63-69(53,45-33-17-5-18-34-45)59-65(49,41-25-9-1-10-26-41)50-56-68(52,44-31-15-4-16-32-44)62-72(58-50,48-39-23-8-24-40-48)64-70(54,46-35-19-6-20-36-46)60-66(49,50)42-27-11-2-12-28-42;;;;/h1-40H;;;;/q-4;4*+1. The Morgan fingerprint density at radius 2 is 0.421 bits per heavy atom. The van der Waals surface area contributed by atoms with Gasteiger partial charge in [-0.3, -0.25) is 0 Å². The molecule has 5 heterocycles. The van der Waals surface area contributed by atoms with E-state index in [0.29, 0.717) is 0 Å². The maximum atomic E-state index is 17.2. The summed E-state index contributed by atoms with van der Waals surface area (Å²) < 4.78 is 74.9. The number of fused-ring (bicyclic) bond motifs is 2. The van der Waals surface area contributed by atoms with Crippen LogP contribution in [0.5, 0.6) is 0 Å². The van der Waals surface area contributed by atoms with E-state index in [1.54, 1.807) is 243 Å². The Morgan fingerprint density at radius 3 is 0.671 bits per heavy atom. The van der Waals surface area contributed by atoms with Crippen LogP contribution in [0.1, 0.15) is 0 Å². The molecule has 0 amide bonds. The Balaban J connectivity index is 0.00000176. The molecular weight excluding hydrogens is 1140 g/mol. The van der Waals surface area contributed by atoms with Crippen molar-refractivity contribution in [3.05, 3.63) is 243 Å². The van der Waals surface area contributed by atoms with Gasteiger partial charge in [0.05, 0.1) is 0 Å². The fourth-order valence-electron chi connectivity index (χ4n) is 10.7. The van der Waals surface area contributed by atoms with Crippen molar-refractivity contribution in [3.63, 3.8) is 0 Å². The summed E-state index contributed by atoms with van der Waals surface area (Å²) in [4.78, 5) is 68.5. The third kappa shape index (κ3) is 8.81. The molecule has 8 aromatic carbocycles. The zero-order valence-electron chi connectivity index (χ0n) is 41.8. The van der Waals surface area contributed by atoms with E-state index in [1.165, 1.54) is 0 Å². The molecule has 6 atom stereocenters. The quantitative estimate of drug-likeness (QED) is 0.131. The van der Waals surface area contributed by atoms with Crippen molar-refractivity contribution in [2.24, 2.45) is 0 Å². The van der Waals surface area contributed by atoms with Crippen molar-refractivity contribution in [2.75, 3.05) is 0 Å². The van der Waals surface area contributed by atoms with E-state index in [-0.39, 0.29) is 160 Å². The average molecular weight is 1180 g/mol. The first-order valence-corrected chi connectivity index (χ1v) is 37.3. The Kier molecular flexibility index (Phi) is 17.4. The number of hydrogen-bond donors (Lipinski definition) is 0. The summed E-state index contributed by atoms with van der Waals surface area (Å²) in [5.74, 6) is 0. The summed E-state index contributed by atoms with van der Waals surface area (Å²) in [7, 11) is -43.0. The molecule has 0 N–H and O–H groups in total. The van der Waals surface area contributed by atoms with Gasteiger partial charge in [0.1, 0.15) is 0 Å². The van der Waals surface area contributed by atoms with Crippen LogP contribution in [0.15, 0.2) is 243 Å². The Bertz CT molecular complexity index is 3070. The molecule has 4 bridgehead atoms. The van der Waals surface area contributed by atoms with Crippen molar-refractivity contribution < 1.29 is 180 Å². The predicted molar refractivity (Wildman–Crippen MR) is 271 cm³/mol. The summed E-state index contributed by atoms with van der Waals surface area (Å²) in [6, 6.07) is 67.9. The second-order valence-electron chi connectivity index (χ2n) is 17.9. The normalized spacial score (nSPS) is 34.7. The van der Waals surface area contributed by atoms with Crippen LogP contribution in [0, 0.1) is 0 Å². The molecule has 2 spiro atoms. The summed E-state index contributed by atoms with van der Waals surface area (Å²) in [5.41, 5.74) is 0. The molecule has 0 aliphatic carbocycles. The molecule has 0 aromatic heterocycles. The maximum Gasteiger partial charge on any atom is 1.00 e. The summed E-state index contributed by atoms with van der Waals surface area (Å²) in [6.07, 6.45) is 0. The molecule has 14 nitrogen and oxygen atoms in total. The van der Waals surface area contributed by atoms with Crippen LogP contribution >= 0.6 is 0 Å². The van der Waals surface area contributed by atoms with Gasteiger partial charge in [0.2, 0.25) is 0 Å². The first kappa shape index (κ1) is 59.6. The van der Waals surface area contributed by atoms with Crippen LogP contribution in [0.4, 0.5) is 0 Å². The summed E-state index contributed by atoms with van der Waals surface area (Å²) in [6.45, 7) is 0.